The van der Waals surface area contributed by atoms with Gasteiger partial charge in [0.15, 0.2) is 4.96 Å². The number of hydrogen-bond acceptors (Lipinski definition) is 5. The number of nitro benzene ring substituents is 1. The number of nitrogens with one attached hydrogen (secondary N) is 1. The van der Waals surface area contributed by atoms with Crippen LogP contribution in [0.5, 0.6) is 0 Å². The summed E-state index contributed by atoms with van der Waals surface area (Å²) in [6, 6.07) is 6.79. The third kappa shape index (κ3) is 2.65. The van der Waals surface area contributed by atoms with E-state index in [9.17, 15) is 10.1 Å². The number of para-hydroxylation sites is 1. The van der Waals surface area contributed by atoms with Crippen LogP contribution in [-0.4, -0.2) is 14.3 Å². The molecule has 0 radical (unpaired) electrons. The average Bonchev–Trinajstić information content (AvgIpc) is 3.01. The summed E-state index contributed by atoms with van der Waals surface area (Å²) in [6.07, 6.45) is 1.99. The monoisotopic (exact) mass is 302 g/mol. The predicted molar refractivity (Wildman–Crippen MR) is 81.4 cm³/mol. The molecular weight excluding hydrogens is 288 g/mol. The van der Waals surface area contributed by atoms with Crippen molar-refractivity contribution >= 4 is 22.0 Å². The Kier molecular flexibility index (Phi) is 3.68. The van der Waals surface area contributed by atoms with E-state index in [0.29, 0.717) is 18.7 Å². The number of thiazole rings is 1. The first-order valence-electron chi connectivity index (χ1n) is 6.51. The molecule has 0 saturated carbocycles. The Hall–Kier alpha value is -2.25. The number of nitro groups is 1. The Morgan fingerprint density at radius 1 is 1.38 bits per heavy atom. The molecule has 108 valence electrons. The van der Waals surface area contributed by atoms with Crippen molar-refractivity contribution in [2.24, 2.45) is 0 Å². The minimum atomic E-state index is -0.349. The lowest BCUT2D eigenvalue weighted by molar-refractivity contribution is -0.385. The molecule has 1 N–H and O–H groups in total. The number of benzene rings is 1. The topological polar surface area (TPSA) is 72.5 Å². The normalized spacial score (nSPS) is 11.1. The fourth-order valence-electron chi connectivity index (χ4n) is 2.31. The van der Waals surface area contributed by atoms with E-state index in [0.717, 1.165) is 16.3 Å². The molecule has 0 aliphatic rings. The molecule has 0 unspecified atom stereocenters. The maximum Gasteiger partial charge on any atom is 0.273 e. The zero-order chi connectivity index (χ0) is 14.8. The number of imidazole rings is 1. The SMILES string of the molecule is Cc1nc2sccn2c1CNCc1ccccc1[N+](=O)[O-]. The second kappa shape index (κ2) is 5.63. The van der Waals surface area contributed by atoms with Gasteiger partial charge in [0.2, 0.25) is 0 Å². The second-order valence-corrected chi connectivity index (χ2v) is 5.56. The van der Waals surface area contributed by atoms with Crippen LogP contribution in [0.4, 0.5) is 5.69 Å². The van der Waals surface area contributed by atoms with E-state index in [-0.39, 0.29) is 10.6 Å². The Morgan fingerprint density at radius 3 is 3.00 bits per heavy atom. The Balaban J connectivity index is 1.73. The van der Waals surface area contributed by atoms with E-state index in [2.05, 4.69) is 10.3 Å². The summed E-state index contributed by atoms with van der Waals surface area (Å²) >= 11 is 1.59. The highest BCUT2D eigenvalue weighted by molar-refractivity contribution is 7.15. The van der Waals surface area contributed by atoms with E-state index < -0.39 is 0 Å². The lowest BCUT2D eigenvalue weighted by Crippen LogP contribution is -2.15. The number of rotatable bonds is 5. The molecule has 3 aromatic rings. The minimum Gasteiger partial charge on any atom is -0.307 e. The first kappa shape index (κ1) is 13.7. The molecule has 2 heterocycles. The first-order valence-corrected chi connectivity index (χ1v) is 7.39. The minimum absolute atomic E-state index is 0.149. The fourth-order valence-corrected chi connectivity index (χ4v) is 3.09. The standard InChI is InChI=1S/C14H14N4O2S/c1-10-13(17-6-7-21-14(17)16-10)9-15-8-11-4-2-3-5-12(11)18(19)20/h2-7,15H,8-9H2,1H3. The summed E-state index contributed by atoms with van der Waals surface area (Å²) in [5.41, 5.74) is 2.91. The molecule has 0 saturated heterocycles. The van der Waals surface area contributed by atoms with Crippen molar-refractivity contribution in [3.05, 3.63) is 62.9 Å². The van der Waals surface area contributed by atoms with E-state index in [4.69, 9.17) is 0 Å². The summed E-state index contributed by atoms with van der Waals surface area (Å²) in [6.45, 7) is 3.05. The first-order chi connectivity index (χ1) is 10.2. The molecule has 0 amide bonds. The number of nitrogens with zero attached hydrogens (tertiary/aromatic N) is 3. The lowest BCUT2D eigenvalue weighted by Gasteiger charge is -2.06. The highest BCUT2D eigenvalue weighted by Gasteiger charge is 2.13. The molecule has 0 fully saturated rings. The van der Waals surface area contributed by atoms with Crippen molar-refractivity contribution in [2.75, 3.05) is 0 Å². The average molecular weight is 302 g/mol. The number of aryl methyl sites for hydroxylation is 1. The van der Waals surface area contributed by atoms with Crippen LogP contribution in [0.1, 0.15) is 17.0 Å². The van der Waals surface area contributed by atoms with Gasteiger partial charge in [-0.15, -0.1) is 11.3 Å². The quantitative estimate of drug-likeness (QED) is 0.581. The van der Waals surface area contributed by atoms with E-state index in [1.165, 1.54) is 6.07 Å². The highest BCUT2D eigenvalue weighted by atomic mass is 32.1. The van der Waals surface area contributed by atoms with Crippen molar-refractivity contribution in [2.45, 2.75) is 20.0 Å². The Labute approximate surface area is 125 Å². The van der Waals surface area contributed by atoms with Gasteiger partial charge < -0.3 is 5.32 Å². The van der Waals surface area contributed by atoms with E-state index >= 15 is 0 Å². The van der Waals surface area contributed by atoms with Gasteiger partial charge >= 0.3 is 0 Å². The predicted octanol–water partition coefficient (Wildman–Crippen LogP) is 2.90. The molecule has 0 aliphatic heterocycles. The Morgan fingerprint density at radius 2 is 2.19 bits per heavy atom. The van der Waals surface area contributed by atoms with Crippen LogP contribution in [0.3, 0.4) is 0 Å². The van der Waals surface area contributed by atoms with Gasteiger partial charge in [-0.05, 0) is 6.92 Å². The molecule has 0 aliphatic carbocycles. The van der Waals surface area contributed by atoms with Crippen LogP contribution >= 0.6 is 11.3 Å². The molecule has 21 heavy (non-hydrogen) atoms. The van der Waals surface area contributed by atoms with Crippen molar-refractivity contribution in [1.29, 1.82) is 0 Å². The van der Waals surface area contributed by atoms with Gasteiger partial charge in [0, 0.05) is 36.3 Å². The van der Waals surface area contributed by atoms with E-state index in [1.807, 2.05) is 29.0 Å². The molecule has 0 atom stereocenters. The van der Waals surface area contributed by atoms with Crippen LogP contribution in [0.25, 0.3) is 4.96 Å². The summed E-state index contributed by atoms with van der Waals surface area (Å²) in [5, 5.41) is 16.2. The fraction of sp³-hybridized carbons (Fsp3) is 0.214. The zero-order valence-corrected chi connectivity index (χ0v) is 12.3. The van der Waals surface area contributed by atoms with Gasteiger partial charge in [-0.3, -0.25) is 14.5 Å². The van der Waals surface area contributed by atoms with Crippen LogP contribution < -0.4 is 5.32 Å². The van der Waals surface area contributed by atoms with Gasteiger partial charge in [0.25, 0.3) is 5.69 Å². The molecule has 0 spiro atoms. The molecule has 3 rings (SSSR count). The highest BCUT2D eigenvalue weighted by Crippen LogP contribution is 2.19. The van der Waals surface area contributed by atoms with Crippen molar-refractivity contribution in [3.8, 4) is 0 Å². The summed E-state index contributed by atoms with van der Waals surface area (Å²) < 4.78 is 2.05. The second-order valence-electron chi connectivity index (χ2n) is 4.69. The summed E-state index contributed by atoms with van der Waals surface area (Å²) in [5.74, 6) is 0. The van der Waals surface area contributed by atoms with Gasteiger partial charge in [0.1, 0.15) is 0 Å². The van der Waals surface area contributed by atoms with Gasteiger partial charge in [-0.25, -0.2) is 4.98 Å². The lowest BCUT2D eigenvalue weighted by atomic mass is 10.2. The number of fused-ring (bicyclic) bond motifs is 1. The van der Waals surface area contributed by atoms with Gasteiger partial charge in [-0.2, -0.15) is 0 Å². The third-order valence-corrected chi connectivity index (χ3v) is 4.11. The Bertz CT molecular complexity index is 793. The molecule has 1 aromatic carbocycles. The maximum atomic E-state index is 11.0. The third-order valence-electron chi connectivity index (χ3n) is 3.36. The molecule has 0 bridgehead atoms. The summed E-state index contributed by atoms with van der Waals surface area (Å²) in [7, 11) is 0. The van der Waals surface area contributed by atoms with Crippen LogP contribution in [0.15, 0.2) is 35.8 Å². The molecule has 6 nitrogen and oxygen atoms in total. The van der Waals surface area contributed by atoms with E-state index in [1.54, 1.807) is 23.5 Å². The van der Waals surface area contributed by atoms with Crippen molar-refractivity contribution in [1.82, 2.24) is 14.7 Å². The largest absolute Gasteiger partial charge is 0.307 e. The molecule has 7 heteroatoms. The zero-order valence-electron chi connectivity index (χ0n) is 11.4. The molecule has 2 aromatic heterocycles. The van der Waals surface area contributed by atoms with Crippen molar-refractivity contribution in [3.63, 3.8) is 0 Å². The van der Waals surface area contributed by atoms with Crippen LogP contribution in [-0.2, 0) is 13.1 Å². The smallest absolute Gasteiger partial charge is 0.273 e. The maximum absolute atomic E-state index is 11.0. The number of aromatic nitrogens is 2. The summed E-state index contributed by atoms with van der Waals surface area (Å²) in [4.78, 5) is 16.1. The van der Waals surface area contributed by atoms with Crippen LogP contribution in [0.2, 0.25) is 0 Å². The van der Waals surface area contributed by atoms with Crippen molar-refractivity contribution < 1.29 is 4.92 Å². The van der Waals surface area contributed by atoms with Gasteiger partial charge in [0.05, 0.1) is 16.3 Å². The van der Waals surface area contributed by atoms with Crippen LogP contribution in [0, 0.1) is 17.0 Å². The number of hydrogen-bond donors (Lipinski definition) is 1. The molecular formula is C14H14N4O2S. The van der Waals surface area contributed by atoms with Gasteiger partial charge in [-0.1, -0.05) is 18.2 Å².